The number of hydrogen-bond acceptors (Lipinski definition) is 8. The van der Waals surface area contributed by atoms with Crippen molar-refractivity contribution in [2.45, 2.75) is 37.0 Å². The van der Waals surface area contributed by atoms with Crippen LogP contribution in [0, 0.1) is 0 Å². The molecule has 1 saturated heterocycles. The number of piperazine rings is 1. The average molecular weight is 409 g/mol. The third-order valence-electron chi connectivity index (χ3n) is 3.60. The highest BCUT2D eigenvalue weighted by molar-refractivity contribution is 7.99. The van der Waals surface area contributed by atoms with Crippen molar-refractivity contribution < 1.29 is 29.4 Å². The third-order valence-corrected chi connectivity index (χ3v) is 5.84. The van der Waals surface area contributed by atoms with E-state index < -0.39 is 36.1 Å². The maximum atomic E-state index is 12.1. The monoisotopic (exact) mass is 408 g/mol. The van der Waals surface area contributed by atoms with Crippen LogP contribution in [0.5, 0.6) is 0 Å². The second-order valence-corrected chi connectivity index (χ2v) is 8.04. The standard InChI is InChI=1S/C14H24N4O6S2/c15-7(13(21)22)5-25-3-1-9-11(19)18-10(12(20)17-9)2-4-26-6-8(16)14(23)24/h7-10H,1-6,15-16H2,(H,17,20)(H,18,19)(H,21,22)(H,23,24)/t7-,8-,9-,10-/m0/s1. The molecule has 0 spiro atoms. The van der Waals surface area contributed by atoms with Crippen molar-refractivity contribution in [2.24, 2.45) is 11.5 Å². The summed E-state index contributed by atoms with van der Waals surface area (Å²) in [7, 11) is 0. The number of aliphatic carboxylic acids is 2. The Morgan fingerprint density at radius 1 is 0.885 bits per heavy atom. The summed E-state index contributed by atoms with van der Waals surface area (Å²) < 4.78 is 0. The van der Waals surface area contributed by atoms with Crippen molar-refractivity contribution in [1.29, 1.82) is 0 Å². The molecule has 1 rings (SSSR count). The zero-order valence-corrected chi connectivity index (χ0v) is 15.7. The van der Waals surface area contributed by atoms with Crippen molar-refractivity contribution in [3.8, 4) is 0 Å². The van der Waals surface area contributed by atoms with Crippen LogP contribution in [-0.2, 0) is 19.2 Å². The lowest BCUT2D eigenvalue weighted by Crippen LogP contribution is -2.61. The normalized spacial score (nSPS) is 22.2. The fraction of sp³-hybridized carbons (Fsp3) is 0.714. The van der Waals surface area contributed by atoms with Crippen LogP contribution in [-0.4, -0.2) is 81.1 Å². The first-order chi connectivity index (χ1) is 12.2. The minimum atomic E-state index is -1.08. The van der Waals surface area contributed by atoms with Gasteiger partial charge in [0.25, 0.3) is 0 Å². The molecule has 1 aliphatic heterocycles. The van der Waals surface area contributed by atoms with E-state index in [1.54, 1.807) is 0 Å². The first kappa shape index (κ1) is 22.5. The number of carbonyl (C=O) groups is 4. The van der Waals surface area contributed by atoms with Gasteiger partial charge in [0.1, 0.15) is 24.2 Å². The predicted octanol–water partition coefficient (Wildman–Crippen LogP) is -1.96. The highest BCUT2D eigenvalue weighted by Crippen LogP contribution is 2.12. The summed E-state index contributed by atoms with van der Waals surface area (Å²) in [6.45, 7) is 0. The van der Waals surface area contributed by atoms with Crippen LogP contribution in [0.15, 0.2) is 0 Å². The van der Waals surface area contributed by atoms with E-state index in [0.29, 0.717) is 24.3 Å². The van der Waals surface area contributed by atoms with Gasteiger partial charge >= 0.3 is 11.9 Å². The molecule has 2 amide bonds. The Morgan fingerprint density at radius 2 is 1.23 bits per heavy atom. The van der Waals surface area contributed by atoms with Crippen LogP contribution in [0.3, 0.4) is 0 Å². The van der Waals surface area contributed by atoms with E-state index in [1.807, 2.05) is 0 Å². The van der Waals surface area contributed by atoms with Crippen molar-refractivity contribution in [2.75, 3.05) is 23.0 Å². The van der Waals surface area contributed by atoms with Crippen LogP contribution in [0.1, 0.15) is 12.8 Å². The van der Waals surface area contributed by atoms with E-state index in [-0.39, 0.29) is 23.3 Å². The van der Waals surface area contributed by atoms with Gasteiger partial charge in [0.05, 0.1) is 0 Å². The van der Waals surface area contributed by atoms with E-state index in [4.69, 9.17) is 21.7 Å². The second-order valence-electron chi connectivity index (χ2n) is 5.74. The summed E-state index contributed by atoms with van der Waals surface area (Å²) in [6, 6.07) is -3.21. The number of nitrogens with two attached hydrogens (primary N) is 2. The van der Waals surface area contributed by atoms with Crippen LogP contribution < -0.4 is 22.1 Å². The molecule has 0 aromatic rings. The fourth-order valence-corrected chi connectivity index (χ4v) is 3.98. The molecule has 148 valence electrons. The zero-order valence-electron chi connectivity index (χ0n) is 14.1. The fourth-order valence-electron chi connectivity index (χ4n) is 2.05. The molecule has 10 nitrogen and oxygen atoms in total. The van der Waals surface area contributed by atoms with E-state index in [1.165, 1.54) is 23.5 Å². The summed E-state index contributed by atoms with van der Waals surface area (Å²) >= 11 is 2.62. The van der Waals surface area contributed by atoms with Crippen LogP contribution in [0.25, 0.3) is 0 Å². The molecule has 0 radical (unpaired) electrons. The number of rotatable bonds is 12. The molecule has 1 aliphatic rings. The largest absolute Gasteiger partial charge is 0.480 e. The first-order valence-corrected chi connectivity index (χ1v) is 10.3. The van der Waals surface area contributed by atoms with E-state index >= 15 is 0 Å². The molecule has 0 saturated carbocycles. The Morgan fingerprint density at radius 3 is 1.54 bits per heavy atom. The summed E-state index contributed by atoms with van der Waals surface area (Å²) in [5.41, 5.74) is 10.8. The molecule has 0 unspecified atom stereocenters. The Balaban J connectivity index is 2.27. The Bertz CT molecular complexity index is 490. The maximum Gasteiger partial charge on any atom is 0.321 e. The molecule has 0 aromatic heterocycles. The zero-order chi connectivity index (χ0) is 19.7. The Labute approximate surface area is 159 Å². The summed E-state index contributed by atoms with van der Waals surface area (Å²) in [5, 5.41) is 22.7. The molecular formula is C14H24N4O6S2. The maximum absolute atomic E-state index is 12.1. The lowest BCUT2D eigenvalue weighted by atomic mass is 10.1. The van der Waals surface area contributed by atoms with Crippen molar-refractivity contribution in [1.82, 2.24) is 10.6 Å². The van der Waals surface area contributed by atoms with E-state index in [0.717, 1.165) is 0 Å². The summed E-state index contributed by atoms with van der Waals surface area (Å²) in [4.78, 5) is 45.3. The van der Waals surface area contributed by atoms with Gasteiger partial charge in [-0.15, -0.1) is 0 Å². The van der Waals surface area contributed by atoms with Gasteiger partial charge < -0.3 is 32.3 Å². The second kappa shape index (κ2) is 11.3. The Hall–Kier alpha value is -1.50. The van der Waals surface area contributed by atoms with Crippen molar-refractivity contribution in [3.05, 3.63) is 0 Å². The van der Waals surface area contributed by atoms with Gasteiger partial charge in [-0.05, 0) is 24.3 Å². The quantitative estimate of drug-likeness (QED) is 0.198. The minimum absolute atomic E-state index is 0.232. The number of carboxylic acids is 2. The SMILES string of the molecule is N[C@@H](CSCC[C@@H]1NC(=O)[C@H](CCSC[C@H](N)C(=O)O)NC1=O)C(=O)O. The molecule has 8 N–H and O–H groups in total. The molecular weight excluding hydrogens is 384 g/mol. The highest BCUT2D eigenvalue weighted by Gasteiger charge is 2.32. The first-order valence-electron chi connectivity index (χ1n) is 7.95. The number of hydrogen-bond donors (Lipinski definition) is 6. The topological polar surface area (TPSA) is 185 Å². The summed E-state index contributed by atoms with van der Waals surface area (Å²) in [6.07, 6.45) is 0.757. The molecule has 0 aromatic carbocycles. The number of carbonyl (C=O) groups excluding carboxylic acids is 2. The number of carboxylic acid groups (broad SMARTS) is 2. The predicted molar refractivity (Wildman–Crippen MR) is 99.0 cm³/mol. The molecule has 26 heavy (non-hydrogen) atoms. The number of thioether (sulfide) groups is 2. The van der Waals surface area contributed by atoms with Gasteiger partial charge in [-0.3, -0.25) is 19.2 Å². The van der Waals surface area contributed by atoms with Gasteiger partial charge in [-0.2, -0.15) is 23.5 Å². The third kappa shape index (κ3) is 7.81. The van der Waals surface area contributed by atoms with Crippen LogP contribution >= 0.6 is 23.5 Å². The summed E-state index contributed by atoms with van der Waals surface area (Å²) in [5.74, 6) is -1.28. The molecule has 4 atom stereocenters. The molecule has 12 heteroatoms. The van der Waals surface area contributed by atoms with Gasteiger partial charge in [0.15, 0.2) is 0 Å². The van der Waals surface area contributed by atoms with Crippen molar-refractivity contribution >= 4 is 47.3 Å². The average Bonchev–Trinajstić information content (AvgIpc) is 2.58. The smallest absolute Gasteiger partial charge is 0.321 e. The minimum Gasteiger partial charge on any atom is -0.480 e. The molecule has 0 aliphatic carbocycles. The van der Waals surface area contributed by atoms with Gasteiger partial charge in [-0.25, -0.2) is 0 Å². The highest BCUT2D eigenvalue weighted by atomic mass is 32.2. The van der Waals surface area contributed by atoms with Crippen LogP contribution in [0.2, 0.25) is 0 Å². The lowest BCUT2D eigenvalue weighted by Gasteiger charge is -2.29. The van der Waals surface area contributed by atoms with Gasteiger partial charge in [0.2, 0.25) is 11.8 Å². The van der Waals surface area contributed by atoms with Crippen LogP contribution in [0.4, 0.5) is 0 Å². The van der Waals surface area contributed by atoms with Gasteiger partial charge in [0, 0.05) is 11.5 Å². The number of amides is 2. The Kier molecular flexibility index (Phi) is 9.76. The molecule has 0 bridgehead atoms. The van der Waals surface area contributed by atoms with E-state index in [9.17, 15) is 19.2 Å². The number of nitrogens with one attached hydrogen (secondary N) is 2. The van der Waals surface area contributed by atoms with E-state index in [2.05, 4.69) is 10.6 Å². The molecule has 1 fully saturated rings. The van der Waals surface area contributed by atoms with Crippen molar-refractivity contribution in [3.63, 3.8) is 0 Å². The lowest BCUT2D eigenvalue weighted by molar-refractivity contribution is -0.138. The molecule has 1 heterocycles. The van der Waals surface area contributed by atoms with Gasteiger partial charge in [-0.1, -0.05) is 0 Å².